The first kappa shape index (κ1) is 14.7. The number of nitrogens with zero attached hydrogens (tertiary/aromatic N) is 2. The third kappa shape index (κ3) is 6.39. The maximum absolute atomic E-state index is 11.3. The maximum Gasteiger partial charge on any atom is 0.407 e. The molecule has 0 atom stereocenters. The smallest absolute Gasteiger partial charge is 0.407 e. The van der Waals surface area contributed by atoms with Crippen LogP contribution in [0.1, 0.15) is 20.8 Å². The van der Waals surface area contributed by atoms with E-state index in [2.05, 4.69) is 36.5 Å². The highest BCUT2D eigenvalue weighted by Crippen LogP contribution is 2.06. The van der Waals surface area contributed by atoms with Crippen LogP contribution in [-0.4, -0.2) is 34.8 Å². The Kier molecular flexibility index (Phi) is 5.33. The van der Waals surface area contributed by atoms with E-state index in [0.29, 0.717) is 23.5 Å². The monoisotopic (exact) mass is 316 g/mol. The van der Waals surface area contributed by atoms with Crippen LogP contribution in [0.5, 0.6) is 0 Å². The first-order valence-corrected chi connectivity index (χ1v) is 6.34. The van der Waals surface area contributed by atoms with Gasteiger partial charge < -0.3 is 15.4 Å². The zero-order valence-electron chi connectivity index (χ0n) is 10.7. The number of carbonyl (C=O) groups is 1. The van der Waals surface area contributed by atoms with E-state index in [1.165, 1.54) is 0 Å². The molecule has 0 aliphatic carbocycles. The average molecular weight is 317 g/mol. The summed E-state index contributed by atoms with van der Waals surface area (Å²) in [7, 11) is 0. The minimum atomic E-state index is -0.477. The van der Waals surface area contributed by atoms with Crippen molar-refractivity contribution in [3.8, 4) is 0 Å². The van der Waals surface area contributed by atoms with Gasteiger partial charge in [-0.25, -0.2) is 14.8 Å². The summed E-state index contributed by atoms with van der Waals surface area (Å²) in [5.74, 6) is 0.657. The van der Waals surface area contributed by atoms with E-state index >= 15 is 0 Å². The summed E-state index contributed by atoms with van der Waals surface area (Å²) in [4.78, 5) is 19.4. The zero-order valence-corrected chi connectivity index (χ0v) is 12.2. The first-order valence-electron chi connectivity index (χ1n) is 5.55. The summed E-state index contributed by atoms with van der Waals surface area (Å²) in [6.45, 7) is 6.47. The highest BCUT2D eigenvalue weighted by molar-refractivity contribution is 9.10. The van der Waals surface area contributed by atoms with Gasteiger partial charge in [0.2, 0.25) is 0 Å². The number of hydrogen-bond acceptors (Lipinski definition) is 5. The van der Waals surface area contributed by atoms with Gasteiger partial charge in [-0.1, -0.05) is 0 Å². The summed E-state index contributed by atoms with van der Waals surface area (Å²) in [5, 5.41) is 5.67. The van der Waals surface area contributed by atoms with Gasteiger partial charge in [0.25, 0.3) is 0 Å². The van der Waals surface area contributed by atoms with Crippen molar-refractivity contribution in [2.75, 3.05) is 18.4 Å². The Morgan fingerprint density at radius 3 is 2.61 bits per heavy atom. The lowest BCUT2D eigenvalue weighted by Crippen LogP contribution is -2.35. The van der Waals surface area contributed by atoms with E-state index in [1.807, 2.05) is 20.8 Å². The topological polar surface area (TPSA) is 76.1 Å². The number of aromatic nitrogens is 2. The maximum atomic E-state index is 11.3. The highest BCUT2D eigenvalue weighted by atomic mass is 79.9. The Hall–Kier alpha value is -1.37. The fraction of sp³-hybridized carbons (Fsp3) is 0.545. The van der Waals surface area contributed by atoms with Crippen molar-refractivity contribution in [2.24, 2.45) is 0 Å². The van der Waals surface area contributed by atoms with Crippen LogP contribution in [0.25, 0.3) is 0 Å². The molecule has 7 heteroatoms. The first-order chi connectivity index (χ1) is 8.37. The quantitative estimate of drug-likeness (QED) is 0.833. The van der Waals surface area contributed by atoms with Gasteiger partial charge in [0.15, 0.2) is 0 Å². The predicted octanol–water partition coefficient (Wildman–Crippen LogP) is 2.18. The third-order valence-electron chi connectivity index (χ3n) is 1.72. The molecule has 1 rings (SSSR count). The molecule has 1 aromatic heterocycles. The largest absolute Gasteiger partial charge is 0.444 e. The molecule has 0 bridgehead atoms. The van der Waals surface area contributed by atoms with Gasteiger partial charge >= 0.3 is 6.09 Å². The van der Waals surface area contributed by atoms with Crippen LogP contribution >= 0.6 is 15.9 Å². The third-order valence-corrected chi connectivity index (χ3v) is 2.13. The van der Waals surface area contributed by atoms with E-state index in [9.17, 15) is 4.79 Å². The van der Waals surface area contributed by atoms with E-state index in [4.69, 9.17) is 4.74 Å². The van der Waals surface area contributed by atoms with Crippen molar-refractivity contribution in [1.82, 2.24) is 15.3 Å². The number of nitrogens with one attached hydrogen (secondary N) is 2. The van der Waals surface area contributed by atoms with Crippen molar-refractivity contribution in [3.63, 3.8) is 0 Å². The van der Waals surface area contributed by atoms with Gasteiger partial charge in [0.05, 0.1) is 12.4 Å². The fourth-order valence-electron chi connectivity index (χ4n) is 1.07. The summed E-state index contributed by atoms with van der Waals surface area (Å²) in [6, 6.07) is 0. The van der Waals surface area contributed by atoms with Crippen molar-refractivity contribution in [3.05, 3.63) is 17.0 Å². The lowest BCUT2D eigenvalue weighted by Gasteiger charge is -2.19. The van der Waals surface area contributed by atoms with Gasteiger partial charge in [-0.15, -0.1) is 0 Å². The van der Waals surface area contributed by atoms with Gasteiger partial charge in [-0.05, 0) is 36.7 Å². The SMILES string of the molecule is CC(C)(C)OC(=O)NCCNc1cnc(Br)cn1. The number of rotatable bonds is 4. The van der Waals surface area contributed by atoms with Crippen molar-refractivity contribution in [1.29, 1.82) is 0 Å². The molecule has 6 nitrogen and oxygen atoms in total. The Morgan fingerprint density at radius 1 is 1.33 bits per heavy atom. The number of ether oxygens (including phenoxy) is 1. The molecule has 1 heterocycles. The molecule has 0 spiro atoms. The molecule has 0 saturated heterocycles. The second-order valence-corrected chi connectivity index (χ2v) is 5.39. The number of anilines is 1. The zero-order chi connectivity index (χ0) is 13.6. The van der Waals surface area contributed by atoms with Crippen molar-refractivity contribution < 1.29 is 9.53 Å². The number of alkyl carbamates (subject to hydrolysis) is 1. The van der Waals surface area contributed by atoms with Gasteiger partial charge in [0, 0.05) is 13.1 Å². The average Bonchev–Trinajstić information content (AvgIpc) is 2.24. The molecule has 1 amide bonds. The summed E-state index contributed by atoms with van der Waals surface area (Å²) < 4.78 is 5.77. The molecule has 0 fully saturated rings. The molecule has 0 radical (unpaired) electrons. The second-order valence-electron chi connectivity index (χ2n) is 4.58. The van der Waals surface area contributed by atoms with Crippen LogP contribution in [0.15, 0.2) is 17.0 Å². The predicted molar refractivity (Wildman–Crippen MR) is 72.5 cm³/mol. The summed E-state index contributed by atoms with van der Waals surface area (Å²) in [5.41, 5.74) is -0.477. The number of amides is 1. The standard InChI is InChI=1S/C11H17BrN4O2/c1-11(2,3)18-10(17)14-5-4-13-9-7-15-8(12)6-16-9/h6-7H,4-5H2,1-3H3,(H,13,16)(H,14,17). The number of halogens is 1. The molecule has 0 aromatic carbocycles. The Labute approximate surface area is 115 Å². The van der Waals surface area contributed by atoms with Crippen LogP contribution in [-0.2, 0) is 4.74 Å². The summed E-state index contributed by atoms with van der Waals surface area (Å²) >= 11 is 3.20. The van der Waals surface area contributed by atoms with Crippen LogP contribution in [0.3, 0.4) is 0 Å². The molecule has 18 heavy (non-hydrogen) atoms. The Bertz CT molecular complexity index is 389. The molecule has 100 valence electrons. The van der Waals surface area contributed by atoms with E-state index < -0.39 is 11.7 Å². The van der Waals surface area contributed by atoms with Crippen LogP contribution in [0.4, 0.5) is 10.6 Å². The minimum Gasteiger partial charge on any atom is -0.444 e. The lowest BCUT2D eigenvalue weighted by atomic mass is 10.2. The Balaban J connectivity index is 2.19. The molecular formula is C11H17BrN4O2. The van der Waals surface area contributed by atoms with Gasteiger partial charge in [0.1, 0.15) is 16.0 Å². The molecule has 0 aliphatic rings. The normalized spacial score (nSPS) is 10.9. The van der Waals surface area contributed by atoms with Gasteiger partial charge in [-0.3, -0.25) is 0 Å². The Morgan fingerprint density at radius 2 is 2.06 bits per heavy atom. The lowest BCUT2D eigenvalue weighted by molar-refractivity contribution is 0.0530. The van der Waals surface area contributed by atoms with Gasteiger partial charge in [-0.2, -0.15) is 0 Å². The van der Waals surface area contributed by atoms with Crippen molar-refractivity contribution in [2.45, 2.75) is 26.4 Å². The fourth-order valence-corrected chi connectivity index (χ4v) is 1.28. The van der Waals surface area contributed by atoms with Crippen LogP contribution in [0, 0.1) is 0 Å². The van der Waals surface area contributed by atoms with Crippen LogP contribution < -0.4 is 10.6 Å². The van der Waals surface area contributed by atoms with Crippen molar-refractivity contribution >= 4 is 27.8 Å². The molecular weight excluding hydrogens is 300 g/mol. The number of hydrogen-bond donors (Lipinski definition) is 2. The van der Waals surface area contributed by atoms with E-state index in [-0.39, 0.29) is 0 Å². The molecule has 0 aliphatic heterocycles. The molecule has 1 aromatic rings. The highest BCUT2D eigenvalue weighted by Gasteiger charge is 2.15. The second kappa shape index (κ2) is 6.53. The van der Waals surface area contributed by atoms with E-state index in [0.717, 1.165) is 0 Å². The summed E-state index contributed by atoms with van der Waals surface area (Å²) in [6.07, 6.45) is 2.78. The van der Waals surface area contributed by atoms with E-state index in [1.54, 1.807) is 12.4 Å². The molecule has 2 N–H and O–H groups in total. The van der Waals surface area contributed by atoms with Crippen LogP contribution in [0.2, 0.25) is 0 Å². The minimum absolute atomic E-state index is 0.425. The number of carbonyl (C=O) groups excluding carboxylic acids is 1. The molecule has 0 unspecified atom stereocenters. The molecule has 0 saturated carbocycles.